The van der Waals surface area contributed by atoms with Gasteiger partial charge in [-0.25, -0.2) is 13.4 Å². The van der Waals surface area contributed by atoms with Gasteiger partial charge in [-0.2, -0.15) is 0 Å². The molecule has 6 nitrogen and oxygen atoms in total. The average Bonchev–Trinajstić information content (AvgIpc) is 3.07. The van der Waals surface area contributed by atoms with Crippen molar-refractivity contribution in [3.05, 3.63) is 71.1 Å². The molecular weight excluding hydrogens is 382 g/mol. The van der Waals surface area contributed by atoms with E-state index >= 15 is 0 Å². The molecule has 0 fully saturated rings. The Kier molecular flexibility index (Phi) is 5.12. The Balaban J connectivity index is 1.76. The predicted molar refractivity (Wildman–Crippen MR) is 96.6 cm³/mol. The maximum atomic E-state index is 12.5. The third kappa shape index (κ3) is 4.22. The van der Waals surface area contributed by atoms with Gasteiger partial charge in [0, 0.05) is 11.2 Å². The molecule has 0 unspecified atom stereocenters. The van der Waals surface area contributed by atoms with Gasteiger partial charge in [0.15, 0.2) is 15.0 Å². The molecule has 0 aliphatic rings. The number of pyridine rings is 1. The van der Waals surface area contributed by atoms with Gasteiger partial charge in [-0.05, 0) is 23.8 Å². The van der Waals surface area contributed by atoms with Crippen LogP contribution < -0.4 is 5.32 Å². The van der Waals surface area contributed by atoms with Crippen LogP contribution in [0.4, 0.5) is 5.13 Å². The van der Waals surface area contributed by atoms with Crippen molar-refractivity contribution in [1.82, 2.24) is 9.97 Å². The summed E-state index contributed by atoms with van der Waals surface area (Å²) < 4.78 is 25.1. The van der Waals surface area contributed by atoms with E-state index < -0.39 is 15.7 Å². The maximum absolute atomic E-state index is 12.5. The summed E-state index contributed by atoms with van der Waals surface area (Å²) in [6.45, 7) is 0. The topological polar surface area (TPSA) is 89.0 Å². The van der Waals surface area contributed by atoms with E-state index in [1.54, 1.807) is 42.5 Å². The van der Waals surface area contributed by atoms with Crippen molar-refractivity contribution in [3.63, 3.8) is 0 Å². The Bertz CT molecular complexity index is 1000. The van der Waals surface area contributed by atoms with Crippen LogP contribution in [0.25, 0.3) is 0 Å². The van der Waals surface area contributed by atoms with Gasteiger partial charge in [0.2, 0.25) is 0 Å². The van der Waals surface area contributed by atoms with E-state index in [2.05, 4.69) is 15.3 Å². The molecule has 0 aliphatic heterocycles. The Morgan fingerprint density at radius 2 is 1.88 bits per heavy atom. The molecule has 0 saturated heterocycles. The number of carbonyl (C=O) groups excluding carboxylic acids is 1. The number of halogens is 1. The first-order valence-electron chi connectivity index (χ1n) is 7.10. The number of amides is 1. The fourth-order valence-corrected chi connectivity index (χ4v) is 4.78. The molecule has 0 atom stereocenters. The standard InChI is InChI=1S/C16H12ClN3O3S2/c17-12-6-2-1-5-11(12)10-25(22,23)14-9-19-16(24-14)20-15(21)13-7-3-4-8-18-13/h1-9H,10H2,(H,19,20,21). The van der Waals surface area contributed by atoms with E-state index in [4.69, 9.17) is 11.6 Å². The Hall–Kier alpha value is -2.29. The lowest BCUT2D eigenvalue weighted by atomic mass is 10.2. The zero-order valence-electron chi connectivity index (χ0n) is 12.7. The number of thiazole rings is 1. The van der Waals surface area contributed by atoms with Gasteiger partial charge in [-0.3, -0.25) is 15.1 Å². The summed E-state index contributed by atoms with van der Waals surface area (Å²) in [7, 11) is -3.61. The van der Waals surface area contributed by atoms with Gasteiger partial charge in [0.25, 0.3) is 5.91 Å². The highest BCUT2D eigenvalue weighted by molar-refractivity contribution is 7.92. The fourth-order valence-electron chi connectivity index (χ4n) is 2.01. The number of hydrogen-bond donors (Lipinski definition) is 1. The smallest absolute Gasteiger partial charge is 0.276 e. The number of anilines is 1. The molecule has 0 bridgehead atoms. The fraction of sp³-hybridized carbons (Fsp3) is 0.0625. The van der Waals surface area contributed by atoms with Gasteiger partial charge in [0.05, 0.1) is 11.9 Å². The number of benzene rings is 1. The van der Waals surface area contributed by atoms with Crippen LogP contribution in [0.3, 0.4) is 0 Å². The third-order valence-corrected chi connectivity index (χ3v) is 6.71. The number of carbonyl (C=O) groups is 1. The van der Waals surface area contributed by atoms with Crippen LogP contribution in [0, 0.1) is 0 Å². The lowest BCUT2D eigenvalue weighted by Gasteiger charge is -2.03. The van der Waals surface area contributed by atoms with Crippen molar-refractivity contribution in [1.29, 1.82) is 0 Å². The van der Waals surface area contributed by atoms with E-state index in [0.717, 1.165) is 11.3 Å². The molecule has 3 rings (SSSR count). The van der Waals surface area contributed by atoms with Gasteiger partial charge >= 0.3 is 0 Å². The second-order valence-electron chi connectivity index (χ2n) is 5.00. The van der Waals surface area contributed by atoms with Crippen LogP contribution in [0.2, 0.25) is 5.02 Å². The third-order valence-electron chi connectivity index (χ3n) is 3.21. The molecule has 1 N–H and O–H groups in total. The Labute approximate surface area is 153 Å². The van der Waals surface area contributed by atoms with E-state index in [1.165, 1.54) is 12.4 Å². The van der Waals surface area contributed by atoms with Gasteiger partial charge in [0.1, 0.15) is 9.90 Å². The van der Waals surface area contributed by atoms with E-state index in [1.807, 2.05) is 0 Å². The van der Waals surface area contributed by atoms with Crippen LogP contribution >= 0.6 is 22.9 Å². The van der Waals surface area contributed by atoms with E-state index in [9.17, 15) is 13.2 Å². The molecule has 1 amide bonds. The molecule has 1 aromatic carbocycles. The zero-order chi connectivity index (χ0) is 17.9. The van der Waals surface area contributed by atoms with Gasteiger partial charge < -0.3 is 0 Å². The summed E-state index contributed by atoms with van der Waals surface area (Å²) in [5.74, 6) is -0.687. The molecule has 128 valence electrons. The number of rotatable bonds is 5. The Morgan fingerprint density at radius 1 is 1.12 bits per heavy atom. The monoisotopic (exact) mass is 393 g/mol. The SMILES string of the molecule is O=C(Nc1ncc(S(=O)(=O)Cc2ccccc2Cl)s1)c1ccccn1. The summed E-state index contributed by atoms with van der Waals surface area (Å²) in [6.07, 6.45) is 2.72. The normalized spacial score (nSPS) is 11.2. The summed E-state index contributed by atoms with van der Waals surface area (Å²) in [6, 6.07) is 11.7. The van der Waals surface area contributed by atoms with Crippen molar-refractivity contribution < 1.29 is 13.2 Å². The lowest BCUT2D eigenvalue weighted by Crippen LogP contribution is -2.12. The minimum atomic E-state index is -3.61. The number of sulfone groups is 1. The summed E-state index contributed by atoms with van der Waals surface area (Å²) in [5.41, 5.74) is 0.731. The first-order valence-corrected chi connectivity index (χ1v) is 9.95. The van der Waals surface area contributed by atoms with Crippen LogP contribution in [-0.2, 0) is 15.6 Å². The highest BCUT2D eigenvalue weighted by Crippen LogP contribution is 2.28. The average molecular weight is 394 g/mol. The van der Waals surface area contributed by atoms with Crippen molar-refractivity contribution >= 4 is 43.8 Å². The molecular formula is C16H12ClN3O3S2. The number of nitrogens with one attached hydrogen (secondary N) is 1. The first-order chi connectivity index (χ1) is 12.0. The number of aromatic nitrogens is 2. The quantitative estimate of drug-likeness (QED) is 0.717. The molecule has 0 saturated carbocycles. The summed E-state index contributed by atoms with van der Waals surface area (Å²) in [5, 5.41) is 3.12. The molecule has 0 radical (unpaired) electrons. The van der Waals surface area contributed by atoms with Crippen molar-refractivity contribution in [2.75, 3.05) is 5.32 Å². The minimum Gasteiger partial charge on any atom is -0.296 e. The van der Waals surface area contributed by atoms with E-state index in [-0.39, 0.29) is 20.8 Å². The van der Waals surface area contributed by atoms with E-state index in [0.29, 0.717) is 10.6 Å². The van der Waals surface area contributed by atoms with Crippen molar-refractivity contribution in [3.8, 4) is 0 Å². The van der Waals surface area contributed by atoms with Crippen LogP contribution in [-0.4, -0.2) is 24.3 Å². The van der Waals surface area contributed by atoms with Gasteiger partial charge in [-0.15, -0.1) is 0 Å². The largest absolute Gasteiger partial charge is 0.296 e. The first kappa shape index (κ1) is 17.5. The highest BCUT2D eigenvalue weighted by atomic mass is 35.5. The predicted octanol–water partition coefficient (Wildman–Crippen LogP) is 3.42. The molecule has 9 heteroatoms. The van der Waals surface area contributed by atoms with Crippen LogP contribution in [0.15, 0.2) is 59.1 Å². The molecule has 0 aliphatic carbocycles. The molecule has 3 aromatic rings. The van der Waals surface area contributed by atoms with Crippen molar-refractivity contribution in [2.24, 2.45) is 0 Å². The molecule has 2 heterocycles. The minimum absolute atomic E-state index is 0.0590. The number of nitrogens with zero attached hydrogens (tertiary/aromatic N) is 2. The zero-order valence-corrected chi connectivity index (χ0v) is 15.1. The Morgan fingerprint density at radius 3 is 2.60 bits per heavy atom. The van der Waals surface area contributed by atoms with Crippen molar-refractivity contribution in [2.45, 2.75) is 9.96 Å². The second kappa shape index (κ2) is 7.30. The van der Waals surface area contributed by atoms with Gasteiger partial charge in [-0.1, -0.05) is 47.2 Å². The van der Waals surface area contributed by atoms with Crippen LogP contribution in [0.5, 0.6) is 0 Å². The maximum Gasteiger partial charge on any atom is 0.276 e. The molecule has 2 aromatic heterocycles. The number of hydrogen-bond acceptors (Lipinski definition) is 6. The summed E-state index contributed by atoms with van der Waals surface area (Å²) in [4.78, 5) is 19.9. The molecule has 25 heavy (non-hydrogen) atoms. The highest BCUT2D eigenvalue weighted by Gasteiger charge is 2.21. The second-order valence-corrected chi connectivity index (χ2v) is 8.66. The summed E-state index contributed by atoms with van der Waals surface area (Å²) >= 11 is 6.91. The molecule has 0 spiro atoms. The van der Waals surface area contributed by atoms with Crippen LogP contribution in [0.1, 0.15) is 16.1 Å². The lowest BCUT2D eigenvalue weighted by molar-refractivity contribution is 0.102.